The minimum atomic E-state index is -0.341. The van der Waals surface area contributed by atoms with Crippen LogP contribution in [0.3, 0.4) is 0 Å². The number of Topliss-reactive ketones (excluding diaryl/α,β-unsaturated/α-hetero) is 1. The Bertz CT molecular complexity index is 956. The Hall–Kier alpha value is -3.21. The van der Waals surface area contributed by atoms with Crippen LogP contribution < -0.4 is 10.3 Å². The number of allylic oxidation sites excluding steroid dienone is 1. The van der Waals surface area contributed by atoms with Crippen LogP contribution in [0, 0.1) is 0 Å². The highest BCUT2D eigenvalue weighted by molar-refractivity contribution is 6.23. The molecule has 0 fully saturated rings. The fourth-order valence-electron chi connectivity index (χ4n) is 2.28. The highest BCUT2D eigenvalue weighted by Crippen LogP contribution is 2.16. The standard InChI is InChI=1S/C18H14N2O3/c1-12(17(21)13-7-9-14(23-2)10-8-13)20-11-19-16-6-4-3-5-15(16)18(20)22/h3-11H,1H2,2H3. The fourth-order valence-corrected chi connectivity index (χ4v) is 2.28. The maximum atomic E-state index is 12.5. The topological polar surface area (TPSA) is 61.2 Å². The average Bonchev–Trinajstić information content (AvgIpc) is 2.61. The highest BCUT2D eigenvalue weighted by atomic mass is 16.5. The van der Waals surface area contributed by atoms with Gasteiger partial charge in [-0.2, -0.15) is 0 Å². The molecule has 3 rings (SSSR count). The smallest absolute Gasteiger partial charge is 0.265 e. The minimum absolute atomic E-state index is 0.0541. The number of ketones is 1. The van der Waals surface area contributed by atoms with Gasteiger partial charge in [-0.1, -0.05) is 18.7 Å². The molecule has 5 heteroatoms. The Balaban J connectivity index is 2.00. The molecule has 0 saturated heterocycles. The number of carbonyl (C=O) groups excluding carboxylic acids is 1. The van der Waals surface area contributed by atoms with Gasteiger partial charge in [0.1, 0.15) is 12.1 Å². The van der Waals surface area contributed by atoms with Crippen molar-refractivity contribution in [2.75, 3.05) is 7.11 Å². The molecule has 0 atom stereocenters. The van der Waals surface area contributed by atoms with E-state index in [0.29, 0.717) is 22.2 Å². The zero-order chi connectivity index (χ0) is 16.4. The van der Waals surface area contributed by atoms with E-state index >= 15 is 0 Å². The van der Waals surface area contributed by atoms with Crippen molar-refractivity contribution < 1.29 is 9.53 Å². The van der Waals surface area contributed by atoms with Crippen LogP contribution in [0.2, 0.25) is 0 Å². The summed E-state index contributed by atoms with van der Waals surface area (Å²) >= 11 is 0. The van der Waals surface area contributed by atoms with Crippen molar-refractivity contribution in [2.24, 2.45) is 0 Å². The Morgan fingerprint density at radius 1 is 1.13 bits per heavy atom. The molecule has 2 aromatic carbocycles. The van der Waals surface area contributed by atoms with Crippen molar-refractivity contribution in [2.45, 2.75) is 0 Å². The average molecular weight is 306 g/mol. The zero-order valence-electron chi connectivity index (χ0n) is 12.5. The summed E-state index contributed by atoms with van der Waals surface area (Å²) in [4.78, 5) is 29.2. The number of para-hydroxylation sites is 1. The summed E-state index contributed by atoms with van der Waals surface area (Å²) in [6, 6.07) is 13.6. The Morgan fingerprint density at radius 2 is 1.83 bits per heavy atom. The molecule has 0 bridgehead atoms. The first kappa shape index (κ1) is 14.7. The molecule has 1 heterocycles. The molecular weight excluding hydrogens is 292 g/mol. The number of rotatable bonds is 4. The largest absolute Gasteiger partial charge is 0.497 e. The Labute approximate surface area is 132 Å². The molecule has 0 aliphatic heterocycles. The van der Waals surface area contributed by atoms with Gasteiger partial charge in [-0.15, -0.1) is 0 Å². The normalized spacial score (nSPS) is 10.5. The van der Waals surface area contributed by atoms with E-state index in [2.05, 4.69) is 11.6 Å². The number of hydrogen-bond donors (Lipinski definition) is 0. The number of ether oxygens (including phenoxy) is 1. The fraction of sp³-hybridized carbons (Fsp3) is 0.0556. The van der Waals surface area contributed by atoms with Crippen LogP contribution in [0.15, 0.2) is 66.2 Å². The van der Waals surface area contributed by atoms with E-state index in [4.69, 9.17) is 4.74 Å². The summed E-state index contributed by atoms with van der Waals surface area (Å²) in [5.41, 5.74) is 0.746. The SMILES string of the molecule is C=C(C(=O)c1ccc(OC)cc1)n1cnc2ccccc2c1=O. The van der Waals surface area contributed by atoms with Gasteiger partial charge in [0.15, 0.2) is 0 Å². The highest BCUT2D eigenvalue weighted by Gasteiger charge is 2.15. The maximum Gasteiger partial charge on any atom is 0.265 e. The molecule has 0 unspecified atom stereocenters. The second-order valence-electron chi connectivity index (χ2n) is 4.94. The van der Waals surface area contributed by atoms with Crippen LogP contribution in [0.4, 0.5) is 0 Å². The van der Waals surface area contributed by atoms with Gasteiger partial charge >= 0.3 is 0 Å². The van der Waals surface area contributed by atoms with Gasteiger partial charge < -0.3 is 4.74 Å². The van der Waals surface area contributed by atoms with Gasteiger partial charge in [0.05, 0.1) is 23.7 Å². The molecule has 0 spiro atoms. The first-order chi connectivity index (χ1) is 11.1. The van der Waals surface area contributed by atoms with E-state index in [1.165, 1.54) is 10.9 Å². The lowest BCUT2D eigenvalue weighted by Crippen LogP contribution is -2.23. The third kappa shape index (κ3) is 2.64. The summed E-state index contributed by atoms with van der Waals surface area (Å²) in [5, 5.41) is 0.443. The van der Waals surface area contributed by atoms with Gasteiger partial charge in [-0.3, -0.25) is 14.2 Å². The van der Waals surface area contributed by atoms with Crippen molar-refractivity contribution in [1.82, 2.24) is 9.55 Å². The molecule has 0 N–H and O–H groups in total. The van der Waals surface area contributed by atoms with Crippen molar-refractivity contribution in [3.63, 3.8) is 0 Å². The molecule has 0 amide bonds. The number of fused-ring (bicyclic) bond motifs is 1. The van der Waals surface area contributed by atoms with E-state index in [0.717, 1.165) is 0 Å². The van der Waals surface area contributed by atoms with E-state index in [9.17, 15) is 9.59 Å². The molecule has 5 nitrogen and oxygen atoms in total. The number of methoxy groups -OCH3 is 1. The van der Waals surface area contributed by atoms with E-state index in [1.807, 2.05) is 0 Å². The molecule has 23 heavy (non-hydrogen) atoms. The lowest BCUT2D eigenvalue weighted by atomic mass is 10.1. The molecule has 1 aromatic heterocycles. The zero-order valence-corrected chi connectivity index (χ0v) is 12.5. The van der Waals surface area contributed by atoms with Gasteiger partial charge in [-0.25, -0.2) is 4.98 Å². The molecule has 114 valence electrons. The summed E-state index contributed by atoms with van der Waals surface area (Å²) in [6.45, 7) is 3.75. The van der Waals surface area contributed by atoms with Gasteiger partial charge in [0.25, 0.3) is 5.56 Å². The van der Waals surface area contributed by atoms with Crippen molar-refractivity contribution >= 4 is 22.4 Å². The number of nitrogens with zero attached hydrogens (tertiary/aromatic N) is 2. The van der Waals surface area contributed by atoms with Crippen molar-refractivity contribution in [3.8, 4) is 5.75 Å². The van der Waals surface area contributed by atoms with Crippen molar-refractivity contribution in [1.29, 1.82) is 0 Å². The third-order valence-corrected chi connectivity index (χ3v) is 3.57. The molecule has 0 radical (unpaired) electrons. The predicted octanol–water partition coefficient (Wildman–Crippen LogP) is 2.76. The van der Waals surface area contributed by atoms with Crippen LogP contribution in [0.5, 0.6) is 5.75 Å². The van der Waals surface area contributed by atoms with Crippen LogP contribution in [-0.4, -0.2) is 22.4 Å². The van der Waals surface area contributed by atoms with Gasteiger partial charge in [0.2, 0.25) is 5.78 Å². The molecular formula is C18H14N2O3. The second kappa shape index (κ2) is 5.88. The van der Waals surface area contributed by atoms with Crippen LogP contribution in [0.25, 0.3) is 16.6 Å². The van der Waals surface area contributed by atoms with Gasteiger partial charge in [0, 0.05) is 5.56 Å². The lowest BCUT2D eigenvalue weighted by Gasteiger charge is -2.09. The number of benzene rings is 2. The van der Waals surface area contributed by atoms with E-state index in [1.54, 1.807) is 55.6 Å². The van der Waals surface area contributed by atoms with Crippen LogP contribution in [0.1, 0.15) is 10.4 Å². The number of carbonyl (C=O) groups is 1. The first-order valence-corrected chi connectivity index (χ1v) is 6.96. The molecule has 0 aliphatic rings. The summed E-state index contributed by atoms with van der Waals surface area (Å²) in [7, 11) is 1.55. The lowest BCUT2D eigenvalue weighted by molar-refractivity contribution is 0.105. The number of aromatic nitrogens is 2. The number of hydrogen-bond acceptors (Lipinski definition) is 4. The molecule has 0 saturated carbocycles. The predicted molar refractivity (Wildman–Crippen MR) is 88.7 cm³/mol. The van der Waals surface area contributed by atoms with Gasteiger partial charge in [-0.05, 0) is 36.4 Å². The molecule has 3 aromatic rings. The summed E-state index contributed by atoms with van der Waals surface area (Å²) < 4.78 is 6.24. The maximum absolute atomic E-state index is 12.5. The first-order valence-electron chi connectivity index (χ1n) is 6.96. The second-order valence-corrected chi connectivity index (χ2v) is 4.94. The minimum Gasteiger partial charge on any atom is -0.497 e. The molecule has 0 aliphatic carbocycles. The monoisotopic (exact) mass is 306 g/mol. The van der Waals surface area contributed by atoms with E-state index < -0.39 is 0 Å². The Morgan fingerprint density at radius 3 is 2.52 bits per heavy atom. The summed E-state index contributed by atoms with van der Waals surface area (Å²) in [5.74, 6) is 0.309. The van der Waals surface area contributed by atoms with Crippen LogP contribution >= 0.6 is 0 Å². The Kier molecular flexibility index (Phi) is 3.76. The summed E-state index contributed by atoms with van der Waals surface area (Å²) in [6.07, 6.45) is 1.33. The van der Waals surface area contributed by atoms with Crippen molar-refractivity contribution in [3.05, 3.63) is 77.4 Å². The third-order valence-electron chi connectivity index (χ3n) is 3.57. The quantitative estimate of drug-likeness (QED) is 0.549. The van der Waals surface area contributed by atoms with E-state index in [-0.39, 0.29) is 17.0 Å². The van der Waals surface area contributed by atoms with Crippen LogP contribution in [-0.2, 0) is 0 Å².